The maximum Gasteiger partial charge on any atom is 0.339 e. The Morgan fingerprint density at radius 3 is 2.11 bits per heavy atom. The summed E-state index contributed by atoms with van der Waals surface area (Å²) in [5, 5.41) is 2.64. The lowest BCUT2D eigenvalue weighted by molar-refractivity contribution is -0.119. The molecule has 0 saturated carbocycles. The van der Waals surface area contributed by atoms with E-state index in [1.807, 2.05) is 13.8 Å². The Bertz CT molecular complexity index is 1240. The Hall–Kier alpha value is -4.33. The molecule has 0 bridgehead atoms. The third-order valence-corrected chi connectivity index (χ3v) is 5.24. The van der Waals surface area contributed by atoms with Crippen LogP contribution in [0.1, 0.15) is 53.0 Å². The van der Waals surface area contributed by atoms with Crippen molar-refractivity contribution in [3.8, 4) is 17.2 Å². The van der Waals surface area contributed by atoms with Gasteiger partial charge in [0.15, 0.2) is 23.9 Å². The van der Waals surface area contributed by atoms with E-state index in [4.69, 9.17) is 18.9 Å². The standard InChI is InChI=1S/C29H31NO7/c1-4-16-35-25-15-14-20(18-26(25)36-17-5-2)28(32)21-10-6-7-11-22(21)29(33)37-19-27(31)30-23-12-8-9-13-24(23)34-3/h6-15,18H,4-5,16-17,19H2,1-3H3,(H,30,31). The van der Waals surface area contributed by atoms with Crippen molar-refractivity contribution in [3.63, 3.8) is 0 Å². The average molecular weight is 506 g/mol. The zero-order chi connectivity index (χ0) is 26.6. The van der Waals surface area contributed by atoms with Crippen LogP contribution in [0.3, 0.4) is 0 Å². The van der Waals surface area contributed by atoms with Crippen molar-refractivity contribution >= 4 is 23.3 Å². The largest absolute Gasteiger partial charge is 0.495 e. The van der Waals surface area contributed by atoms with Crippen LogP contribution in [0.15, 0.2) is 66.7 Å². The number of ketones is 1. The van der Waals surface area contributed by atoms with Gasteiger partial charge in [0.25, 0.3) is 5.91 Å². The fraction of sp³-hybridized carbons (Fsp3) is 0.276. The Labute approximate surface area is 216 Å². The molecule has 37 heavy (non-hydrogen) atoms. The number of para-hydroxylation sites is 2. The van der Waals surface area contributed by atoms with Gasteiger partial charge < -0.3 is 24.3 Å². The minimum atomic E-state index is -0.788. The van der Waals surface area contributed by atoms with E-state index in [1.54, 1.807) is 60.7 Å². The minimum Gasteiger partial charge on any atom is -0.495 e. The lowest BCUT2D eigenvalue weighted by Gasteiger charge is -2.14. The van der Waals surface area contributed by atoms with Gasteiger partial charge in [-0.3, -0.25) is 9.59 Å². The van der Waals surface area contributed by atoms with Crippen molar-refractivity contribution in [1.29, 1.82) is 0 Å². The summed E-state index contributed by atoms with van der Waals surface area (Å²) in [6.45, 7) is 4.45. The van der Waals surface area contributed by atoms with Crippen molar-refractivity contribution in [1.82, 2.24) is 0 Å². The lowest BCUT2D eigenvalue weighted by atomic mass is 9.98. The molecule has 194 valence electrons. The van der Waals surface area contributed by atoms with Crippen molar-refractivity contribution in [2.45, 2.75) is 26.7 Å². The minimum absolute atomic E-state index is 0.0555. The van der Waals surface area contributed by atoms with Gasteiger partial charge in [-0.25, -0.2) is 4.79 Å². The highest BCUT2D eigenvalue weighted by molar-refractivity contribution is 6.14. The van der Waals surface area contributed by atoms with Gasteiger partial charge >= 0.3 is 5.97 Å². The third-order valence-electron chi connectivity index (χ3n) is 5.24. The fourth-order valence-electron chi connectivity index (χ4n) is 3.46. The van der Waals surface area contributed by atoms with Crippen LogP contribution in [0.4, 0.5) is 5.69 Å². The molecule has 8 nitrogen and oxygen atoms in total. The quantitative estimate of drug-likeness (QED) is 0.249. The zero-order valence-electron chi connectivity index (χ0n) is 21.2. The van der Waals surface area contributed by atoms with Crippen LogP contribution in [0, 0.1) is 0 Å². The number of methoxy groups -OCH3 is 1. The van der Waals surface area contributed by atoms with Gasteiger partial charge in [-0.1, -0.05) is 44.2 Å². The molecule has 0 aliphatic rings. The molecule has 1 amide bonds. The third kappa shape index (κ3) is 7.33. The van der Waals surface area contributed by atoms with Gasteiger partial charge in [0.1, 0.15) is 5.75 Å². The van der Waals surface area contributed by atoms with Crippen LogP contribution in [-0.4, -0.2) is 44.6 Å². The number of amides is 1. The maximum atomic E-state index is 13.4. The van der Waals surface area contributed by atoms with Gasteiger partial charge in [-0.05, 0) is 49.2 Å². The summed E-state index contributed by atoms with van der Waals surface area (Å²) in [5.74, 6) is -0.206. The van der Waals surface area contributed by atoms with Crippen molar-refractivity contribution in [3.05, 3.63) is 83.4 Å². The second-order valence-corrected chi connectivity index (χ2v) is 8.06. The van der Waals surface area contributed by atoms with E-state index in [2.05, 4.69) is 5.32 Å². The van der Waals surface area contributed by atoms with E-state index in [0.717, 1.165) is 12.8 Å². The summed E-state index contributed by atoms with van der Waals surface area (Å²) >= 11 is 0. The zero-order valence-corrected chi connectivity index (χ0v) is 21.2. The van der Waals surface area contributed by atoms with E-state index in [9.17, 15) is 14.4 Å². The first-order valence-electron chi connectivity index (χ1n) is 12.1. The topological polar surface area (TPSA) is 100 Å². The molecule has 0 unspecified atom stereocenters. The first kappa shape index (κ1) is 27.3. The molecular weight excluding hydrogens is 474 g/mol. The highest BCUT2D eigenvalue weighted by atomic mass is 16.5. The van der Waals surface area contributed by atoms with Crippen LogP contribution in [-0.2, 0) is 9.53 Å². The number of carbonyl (C=O) groups is 3. The molecular formula is C29H31NO7. The molecule has 0 aromatic heterocycles. The van der Waals surface area contributed by atoms with E-state index in [-0.39, 0.29) is 16.9 Å². The van der Waals surface area contributed by atoms with Crippen molar-refractivity contribution in [2.75, 3.05) is 32.2 Å². The van der Waals surface area contributed by atoms with Crippen molar-refractivity contribution in [2.24, 2.45) is 0 Å². The van der Waals surface area contributed by atoms with E-state index in [0.29, 0.717) is 41.7 Å². The molecule has 0 aliphatic carbocycles. The van der Waals surface area contributed by atoms with Gasteiger partial charge in [-0.15, -0.1) is 0 Å². The second-order valence-electron chi connectivity index (χ2n) is 8.06. The second kappa shape index (κ2) is 13.7. The van der Waals surface area contributed by atoms with Crippen LogP contribution in [0.25, 0.3) is 0 Å². The number of benzene rings is 3. The summed E-state index contributed by atoms with van der Waals surface area (Å²) < 4.78 is 22.0. The molecule has 0 spiro atoms. The van der Waals surface area contributed by atoms with E-state index in [1.165, 1.54) is 13.2 Å². The molecule has 0 atom stereocenters. The van der Waals surface area contributed by atoms with Gasteiger partial charge in [0, 0.05) is 11.1 Å². The molecule has 3 rings (SSSR count). The van der Waals surface area contributed by atoms with Crippen LogP contribution in [0.2, 0.25) is 0 Å². The summed E-state index contributed by atoms with van der Waals surface area (Å²) in [4.78, 5) is 38.6. The molecule has 1 N–H and O–H groups in total. The molecule has 3 aromatic carbocycles. The Balaban J connectivity index is 1.75. The molecule has 3 aromatic rings. The van der Waals surface area contributed by atoms with Crippen molar-refractivity contribution < 1.29 is 33.3 Å². The maximum absolute atomic E-state index is 13.4. The number of anilines is 1. The highest BCUT2D eigenvalue weighted by Crippen LogP contribution is 2.30. The molecule has 0 radical (unpaired) electrons. The molecule has 0 heterocycles. The Kier molecular flexibility index (Phi) is 10.1. The number of ether oxygens (including phenoxy) is 4. The fourth-order valence-corrected chi connectivity index (χ4v) is 3.46. The predicted molar refractivity (Wildman–Crippen MR) is 140 cm³/mol. The lowest BCUT2D eigenvalue weighted by Crippen LogP contribution is -2.22. The normalized spacial score (nSPS) is 10.4. The van der Waals surface area contributed by atoms with E-state index >= 15 is 0 Å². The average Bonchev–Trinajstić information content (AvgIpc) is 2.93. The summed E-state index contributed by atoms with van der Waals surface area (Å²) in [5.41, 5.74) is 0.999. The molecule has 0 aliphatic heterocycles. The van der Waals surface area contributed by atoms with Gasteiger partial charge in [-0.2, -0.15) is 0 Å². The van der Waals surface area contributed by atoms with Gasteiger partial charge in [0.05, 0.1) is 31.6 Å². The summed E-state index contributed by atoms with van der Waals surface area (Å²) in [7, 11) is 1.49. The summed E-state index contributed by atoms with van der Waals surface area (Å²) in [6, 6.07) is 18.1. The van der Waals surface area contributed by atoms with Crippen LogP contribution < -0.4 is 19.5 Å². The van der Waals surface area contributed by atoms with Gasteiger partial charge in [0.2, 0.25) is 0 Å². The van der Waals surface area contributed by atoms with Crippen LogP contribution in [0.5, 0.6) is 17.2 Å². The number of hydrogen-bond acceptors (Lipinski definition) is 7. The molecule has 0 saturated heterocycles. The number of hydrogen-bond donors (Lipinski definition) is 1. The van der Waals surface area contributed by atoms with Crippen LogP contribution >= 0.6 is 0 Å². The smallest absolute Gasteiger partial charge is 0.339 e. The number of esters is 1. The number of rotatable bonds is 13. The SMILES string of the molecule is CCCOc1ccc(C(=O)c2ccccc2C(=O)OCC(=O)Nc2ccccc2OC)cc1OCCC. The first-order valence-corrected chi connectivity index (χ1v) is 12.1. The monoisotopic (exact) mass is 505 g/mol. The Morgan fingerprint density at radius 2 is 1.41 bits per heavy atom. The number of carbonyl (C=O) groups excluding carboxylic acids is 3. The number of nitrogens with one attached hydrogen (secondary N) is 1. The first-order chi connectivity index (χ1) is 18.0. The summed E-state index contributed by atoms with van der Waals surface area (Å²) in [6.07, 6.45) is 1.63. The predicted octanol–water partition coefficient (Wildman–Crippen LogP) is 5.30. The van der Waals surface area contributed by atoms with E-state index < -0.39 is 18.5 Å². The highest BCUT2D eigenvalue weighted by Gasteiger charge is 2.21. The molecule has 0 fully saturated rings. The Morgan fingerprint density at radius 1 is 0.757 bits per heavy atom. The molecule has 8 heteroatoms.